The number of benzene rings is 2. The van der Waals surface area contributed by atoms with Crippen molar-refractivity contribution in [2.45, 2.75) is 62.5 Å². The van der Waals surface area contributed by atoms with Crippen molar-refractivity contribution in [3.63, 3.8) is 0 Å². The first-order valence-corrected chi connectivity index (χ1v) is 14.4. The lowest BCUT2D eigenvalue weighted by Crippen LogP contribution is -2.68. The van der Waals surface area contributed by atoms with Gasteiger partial charge in [-0.1, -0.05) is 24.3 Å². The minimum atomic E-state index is -0.658. The van der Waals surface area contributed by atoms with Gasteiger partial charge in [-0.3, -0.25) is 14.5 Å². The second kappa shape index (κ2) is 11.7. The molecule has 3 atom stereocenters. The molecular weight excluding hydrogens is 504 g/mol. The summed E-state index contributed by atoms with van der Waals surface area (Å²) in [6.45, 7) is 4.25. The van der Waals surface area contributed by atoms with Gasteiger partial charge in [0.05, 0.1) is 14.2 Å². The highest BCUT2D eigenvalue weighted by molar-refractivity contribution is 5.91. The van der Waals surface area contributed by atoms with Gasteiger partial charge >= 0.3 is 5.97 Å². The minimum Gasteiger partial charge on any atom is -0.497 e. The number of nitrogens with zero attached hydrogens (tertiary/aromatic N) is 2. The molecule has 7 heteroatoms. The molecule has 1 aliphatic heterocycles. The number of carbonyl (C=O) groups excluding carboxylic acids is 2. The van der Waals surface area contributed by atoms with Crippen LogP contribution < -0.4 is 9.47 Å². The summed E-state index contributed by atoms with van der Waals surface area (Å²) in [5.74, 6) is 2.02. The molecule has 1 saturated heterocycles. The van der Waals surface area contributed by atoms with E-state index in [1.165, 1.54) is 19.8 Å². The number of likely N-dealkylation sites (tertiary alicyclic amines) is 1. The maximum absolute atomic E-state index is 13.4. The van der Waals surface area contributed by atoms with E-state index in [1.54, 1.807) is 20.3 Å². The van der Waals surface area contributed by atoms with Gasteiger partial charge in [0.2, 0.25) is 5.91 Å². The fourth-order valence-electron chi connectivity index (χ4n) is 6.94. The SMILES string of the molecule is COc1cccc(/C=C/C(=O)N(C)C2CCC3(OC(C)=O)CN(CC4CC4)CCC3(c3cccc(OC)c3)C2)c1. The number of hydrogen-bond donors (Lipinski definition) is 0. The number of fused-ring (bicyclic) bond motifs is 1. The number of hydrogen-bond acceptors (Lipinski definition) is 6. The van der Waals surface area contributed by atoms with Crippen LogP contribution in [0.15, 0.2) is 54.6 Å². The Labute approximate surface area is 238 Å². The van der Waals surface area contributed by atoms with E-state index >= 15 is 0 Å². The molecule has 7 nitrogen and oxygen atoms in total. The Kier molecular flexibility index (Phi) is 8.22. The molecule has 1 heterocycles. The zero-order valence-electron chi connectivity index (χ0n) is 24.2. The number of ether oxygens (including phenoxy) is 3. The van der Waals surface area contributed by atoms with Crippen molar-refractivity contribution in [1.29, 1.82) is 0 Å². The summed E-state index contributed by atoms with van der Waals surface area (Å²) in [5, 5.41) is 0. The summed E-state index contributed by atoms with van der Waals surface area (Å²) in [6.07, 6.45) is 9.10. The summed E-state index contributed by atoms with van der Waals surface area (Å²) in [6, 6.07) is 15.9. The number of carbonyl (C=O) groups is 2. The van der Waals surface area contributed by atoms with Crippen LogP contribution in [0, 0.1) is 5.92 Å². The first-order valence-electron chi connectivity index (χ1n) is 14.4. The van der Waals surface area contributed by atoms with Gasteiger partial charge < -0.3 is 19.1 Å². The van der Waals surface area contributed by atoms with Gasteiger partial charge in [0.25, 0.3) is 0 Å². The molecule has 0 spiro atoms. The highest BCUT2D eigenvalue weighted by atomic mass is 16.6. The molecule has 214 valence electrons. The summed E-state index contributed by atoms with van der Waals surface area (Å²) < 4.78 is 17.3. The number of piperidine rings is 1. The average Bonchev–Trinajstić information content (AvgIpc) is 3.79. The van der Waals surface area contributed by atoms with Crippen LogP contribution in [0.2, 0.25) is 0 Å². The van der Waals surface area contributed by atoms with Crippen LogP contribution in [0.25, 0.3) is 6.08 Å². The lowest BCUT2D eigenvalue weighted by Gasteiger charge is -2.60. The van der Waals surface area contributed by atoms with E-state index in [4.69, 9.17) is 14.2 Å². The van der Waals surface area contributed by atoms with Gasteiger partial charge in [-0.2, -0.15) is 0 Å². The normalized spacial score (nSPS) is 26.6. The minimum absolute atomic E-state index is 0.00678. The van der Waals surface area contributed by atoms with E-state index in [9.17, 15) is 9.59 Å². The number of amides is 1. The maximum atomic E-state index is 13.4. The summed E-state index contributed by atoms with van der Waals surface area (Å²) in [4.78, 5) is 30.4. The van der Waals surface area contributed by atoms with Crippen molar-refractivity contribution in [2.75, 3.05) is 40.9 Å². The molecule has 3 fully saturated rings. The third-order valence-electron chi connectivity index (χ3n) is 9.25. The second-order valence-corrected chi connectivity index (χ2v) is 11.8. The van der Waals surface area contributed by atoms with Crippen molar-refractivity contribution in [2.24, 2.45) is 5.92 Å². The Morgan fingerprint density at radius 2 is 1.75 bits per heavy atom. The van der Waals surface area contributed by atoms with Gasteiger partial charge in [-0.05, 0) is 92.5 Å². The molecule has 40 heavy (non-hydrogen) atoms. The van der Waals surface area contributed by atoms with Crippen LogP contribution >= 0.6 is 0 Å². The van der Waals surface area contributed by atoms with Crippen LogP contribution in [-0.2, 0) is 19.7 Å². The van der Waals surface area contributed by atoms with Crippen molar-refractivity contribution >= 4 is 18.0 Å². The topological polar surface area (TPSA) is 68.3 Å². The molecule has 0 radical (unpaired) electrons. The predicted octanol–water partition coefficient (Wildman–Crippen LogP) is 5.08. The smallest absolute Gasteiger partial charge is 0.303 e. The standard InChI is InChI=1S/C33H42N2O5/c1-24(36)40-33-16-15-28(34(2)31(37)14-13-25-7-5-9-29(19-25)38-3)21-32(33,27-8-6-10-30(20-27)39-4)17-18-35(23-33)22-26-11-12-26/h5-10,13-14,19-20,26,28H,11-12,15-18,21-23H2,1-4H3/b14-13+. The molecule has 2 saturated carbocycles. The molecule has 3 unspecified atom stereocenters. The first-order chi connectivity index (χ1) is 19.3. The molecule has 0 bridgehead atoms. The third-order valence-corrected chi connectivity index (χ3v) is 9.25. The molecule has 0 aromatic heterocycles. The summed E-state index contributed by atoms with van der Waals surface area (Å²) >= 11 is 0. The van der Waals surface area contributed by atoms with E-state index < -0.39 is 11.0 Å². The van der Waals surface area contributed by atoms with E-state index in [0.717, 1.165) is 67.4 Å². The Balaban J connectivity index is 1.45. The number of likely N-dealkylation sites (N-methyl/N-ethyl adjacent to an activating group) is 1. The largest absolute Gasteiger partial charge is 0.497 e. The van der Waals surface area contributed by atoms with E-state index in [2.05, 4.69) is 17.0 Å². The quantitative estimate of drug-likeness (QED) is 0.323. The van der Waals surface area contributed by atoms with Crippen LogP contribution in [-0.4, -0.2) is 74.2 Å². The first kappa shape index (κ1) is 28.2. The number of methoxy groups -OCH3 is 2. The van der Waals surface area contributed by atoms with Crippen LogP contribution in [0.3, 0.4) is 0 Å². The molecule has 2 aliphatic carbocycles. The highest BCUT2D eigenvalue weighted by Gasteiger charge is 2.61. The lowest BCUT2D eigenvalue weighted by molar-refractivity contribution is -0.190. The van der Waals surface area contributed by atoms with Crippen LogP contribution in [0.4, 0.5) is 0 Å². The molecular formula is C33H42N2O5. The van der Waals surface area contributed by atoms with Gasteiger partial charge in [-0.15, -0.1) is 0 Å². The fourth-order valence-corrected chi connectivity index (χ4v) is 6.94. The second-order valence-electron chi connectivity index (χ2n) is 11.8. The van der Waals surface area contributed by atoms with Crippen molar-refractivity contribution < 1.29 is 23.8 Å². The predicted molar refractivity (Wildman–Crippen MR) is 155 cm³/mol. The molecule has 2 aromatic rings. The zero-order chi connectivity index (χ0) is 28.3. The van der Waals surface area contributed by atoms with Gasteiger partial charge in [-0.25, -0.2) is 0 Å². The Bertz CT molecular complexity index is 1260. The maximum Gasteiger partial charge on any atom is 0.303 e. The van der Waals surface area contributed by atoms with E-state index in [0.29, 0.717) is 6.42 Å². The number of esters is 1. The van der Waals surface area contributed by atoms with Crippen molar-refractivity contribution in [3.8, 4) is 11.5 Å². The monoisotopic (exact) mass is 546 g/mol. The van der Waals surface area contributed by atoms with Crippen molar-refractivity contribution in [1.82, 2.24) is 9.80 Å². The molecule has 3 aliphatic rings. The fraction of sp³-hybridized carbons (Fsp3) is 0.515. The molecule has 0 N–H and O–H groups in total. The third kappa shape index (κ3) is 5.75. The highest BCUT2D eigenvalue weighted by Crippen LogP contribution is 2.55. The van der Waals surface area contributed by atoms with Crippen LogP contribution in [0.1, 0.15) is 56.6 Å². The molecule has 5 rings (SSSR count). The van der Waals surface area contributed by atoms with Gasteiger partial charge in [0.1, 0.15) is 17.1 Å². The lowest BCUT2D eigenvalue weighted by atomic mass is 9.55. The van der Waals surface area contributed by atoms with Gasteiger partial charge in [0, 0.05) is 44.6 Å². The zero-order valence-corrected chi connectivity index (χ0v) is 24.2. The van der Waals surface area contributed by atoms with E-state index in [-0.39, 0.29) is 17.9 Å². The summed E-state index contributed by atoms with van der Waals surface area (Å²) in [5.41, 5.74) is 0.947. The average molecular weight is 547 g/mol. The Morgan fingerprint density at radius 3 is 2.45 bits per heavy atom. The molecule has 2 aromatic carbocycles. The summed E-state index contributed by atoms with van der Waals surface area (Å²) in [7, 11) is 5.21. The van der Waals surface area contributed by atoms with Gasteiger partial charge in [0.15, 0.2) is 0 Å². The van der Waals surface area contributed by atoms with Crippen LogP contribution in [0.5, 0.6) is 11.5 Å². The number of rotatable bonds is 9. The Hall–Kier alpha value is -3.32. The molecule has 1 amide bonds. The van der Waals surface area contributed by atoms with E-state index in [1.807, 2.05) is 54.4 Å². The Morgan fingerprint density at radius 1 is 1.02 bits per heavy atom. The van der Waals surface area contributed by atoms with Crippen molar-refractivity contribution in [3.05, 3.63) is 65.7 Å².